The number of pyridine rings is 1. The number of amides is 1. The number of aryl methyl sites for hydroxylation is 1. The van der Waals surface area contributed by atoms with E-state index >= 15 is 0 Å². The van der Waals surface area contributed by atoms with Crippen molar-refractivity contribution in [2.24, 2.45) is 11.4 Å². The fourth-order valence-corrected chi connectivity index (χ4v) is 6.47. The third-order valence-corrected chi connectivity index (χ3v) is 8.47. The molecule has 0 aliphatic rings. The molecule has 0 spiro atoms. The second-order valence-corrected chi connectivity index (χ2v) is 11.5. The van der Waals surface area contributed by atoms with Gasteiger partial charge in [-0.1, -0.05) is 0 Å². The third kappa shape index (κ3) is 5.43. The number of nitrogens with zero attached hydrogens (tertiary/aromatic N) is 5. The predicted molar refractivity (Wildman–Crippen MR) is 142 cm³/mol. The normalized spacial score (nSPS) is 13.6. The van der Waals surface area contributed by atoms with Crippen molar-refractivity contribution in [3.63, 3.8) is 0 Å². The molecule has 39 heavy (non-hydrogen) atoms. The predicted octanol–water partition coefficient (Wildman–Crippen LogP) is 5.12. The number of rotatable bonds is 7. The van der Waals surface area contributed by atoms with Gasteiger partial charge in [0.2, 0.25) is 0 Å². The van der Waals surface area contributed by atoms with Crippen molar-refractivity contribution in [3.8, 4) is 5.69 Å². The van der Waals surface area contributed by atoms with Gasteiger partial charge in [0.15, 0.2) is 5.65 Å². The molecule has 5 aromatic rings. The van der Waals surface area contributed by atoms with Gasteiger partial charge in [0.05, 0.1) is 26.6 Å². The first-order chi connectivity index (χ1) is 18.6. The Labute approximate surface area is 221 Å². The number of aliphatic hydroxyl groups is 1. The van der Waals surface area contributed by atoms with Crippen LogP contribution in [0, 0.1) is 0 Å². The maximum absolute atomic E-state index is 13.6. The lowest BCUT2D eigenvalue weighted by atomic mass is 10.1. The molecule has 1 N–H and O–H groups in total. The van der Waals surface area contributed by atoms with Crippen LogP contribution < -0.4 is 0 Å². The molecule has 202 valence electrons. The Morgan fingerprint density at radius 1 is 1.05 bits per heavy atom. The molecule has 12 heteroatoms. The van der Waals surface area contributed by atoms with Crippen LogP contribution in [0.15, 0.2) is 77.6 Å². The highest BCUT2D eigenvalue weighted by molar-refractivity contribution is 7.93. The summed E-state index contributed by atoms with van der Waals surface area (Å²) in [5.41, 5.74) is 1.80. The number of fused-ring (bicyclic) bond motifs is 3. The summed E-state index contributed by atoms with van der Waals surface area (Å²) in [7, 11) is -1.30. The summed E-state index contributed by atoms with van der Waals surface area (Å²) in [6, 6.07) is 13.0. The van der Waals surface area contributed by atoms with Crippen molar-refractivity contribution in [1.29, 1.82) is 0 Å². The lowest BCUT2D eigenvalue weighted by Crippen LogP contribution is -2.13. The van der Waals surface area contributed by atoms with Gasteiger partial charge in [-0.2, -0.15) is 22.6 Å². The monoisotopic (exact) mass is 555 g/mol. The Balaban J connectivity index is 1.58. The number of aliphatic hydroxyl groups excluding tert-OH is 1. The van der Waals surface area contributed by atoms with Crippen LogP contribution in [0.4, 0.5) is 13.2 Å². The van der Waals surface area contributed by atoms with E-state index in [0.29, 0.717) is 33.2 Å². The molecule has 0 radical (unpaired) electrons. The molecule has 1 amide bonds. The highest BCUT2D eigenvalue weighted by atomic mass is 32.2. The van der Waals surface area contributed by atoms with E-state index in [1.807, 2.05) is 0 Å². The second kappa shape index (κ2) is 10.3. The Kier molecular flexibility index (Phi) is 7.00. The zero-order valence-corrected chi connectivity index (χ0v) is 21.6. The van der Waals surface area contributed by atoms with Gasteiger partial charge in [0.1, 0.15) is 0 Å². The minimum Gasteiger partial charge on any atom is -0.396 e. The highest BCUT2D eigenvalue weighted by Gasteiger charge is 2.30. The average molecular weight is 556 g/mol. The largest absolute Gasteiger partial charge is 0.416 e. The van der Waals surface area contributed by atoms with Gasteiger partial charge in [-0.15, -0.1) is 0 Å². The lowest BCUT2D eigenvalue weighted by Gasteiger charge is -2.11. The van der Waals surface area contributed by atoms with E-state index in [1.165, 1.54) is 12.1 Å². The molecule has 0 bridgehead atoms. The maximum atomic E-state index is 13.6. The molecule has 0 aliphatic carbocycles. The number of halogens is 3. The summed E-state index contributed by atoms with van der Waals surface area (Å²) < 4.78 is 60.4. The summed E-state index contributed by atoms with van der Waals surface area (Å²) in [6.45, 7) is -0.181. The number of carbonyl (C=O) groups is 1. The zero-order valence-electron chi connectivity index (χ0n) is 20.8. The fraction of sp³-hybridized carbons (Fsp3) is 0.222. The molecule has 8 nitrogen and oxygen atoms in total. The van der Waals surface area contributed by atoms with Crippen LogP contribution in [0.1, 0.15) is 27.9 Å². The Hall–Kier alpha value is -4.03. The molecule has 0 aliphatic heterocycles. The molecular weight excluding hydrogens is 531 g/mol. The van der Waals surface area contributed by atoms with E-state index in [2.05, 4.69) is 14.4 Å². The third-order valence-electron chi connectivity index (χ3n) is 6.26. The average Bonchev–Trinajstić information content (AvgIpc) is 3.42. The van der Waals surface area contributed by atoms with Gasteiger partial charge in [0, 0.05) is 60.0 Å². The Bertz CT molecular complexity index is 1790. The number of hydrogen-bond donors (Lipinski definition) is 1. The van der Waals surface area contributed by atoms with Crippen molar-refractivity contribution >= 4 is 37.6 Å². The molecule has 0 unspecified atom stereocenters. The van der Waals surface area contributed by atoms with E-state index in [4.69, 9.17) is 0 Å². The van der Waals surface area contributed by atoms with Crippen LogP contribution in [0.5, 0.6) is 0 Å². The summed E-state index contributed by atoms with van der Waals surface area (Å²) in [5, 5.41) is 15.1. The first-order valence-corrected chi connectivity index (χ1v) is 13.9. The Morgan fingerprint density at radius 3 is 2.44 bits per heavy atom. The van der Waals surface area contributed by atoms with E-state index in [1.54, 1.807) is 65.2 Å². The summed E-state index contributed by atoms with van der Waals surface area (Å²) in [6.07, 6.45) is 0.669. The van der Waals surface area contributed by atoms with Crippen LogP contribution in [0.2, 0.25) is 0 Å². The quantitative estimate of drug-likeness (QED) is 0.300. The zero-order chi connectivity index (χ0) is 27.8. The van der Waals surface area contributed by atoms with Crippen molar-refractivity contribution < 1.29 is 27.3 Å². The molecule has 0 fully saturated rings. The number of benzene rings is 2. The van der Waals surface area contributed by atoms with Gasteiger partial charge >= 0.3 is 6.18 Å². The van der Waals surface area contributed by atoms with Crippen LogP contribution in [-0.2, 0) is 28.7 Å². The Morgan fingerprint density at radius 2 is 1.77 bits per heavy atom. The molecule has 5 rings (SSSR count). The molecule has 3 aromatic heterocycles. The summed E-state index contributed by atoms with van der Waals surface area (Å²) in [4.78, 5) is 17.2. The molecule has 3 heterocycles. The van der Waals surface area contributed by atoms with E-state index < -0.39 is 27.4 Å². The minimum absolute atomic E-state index is 0.0423. The first-order valence-electron chi connectivity index (χ1n) is 12.0. The van der Waals surface area contributed by atoms with Crippen molar-refractivity contribution in [1.82, 2.24) is 19.3 Å². The van der Waals surface area contributed by atoms with Crippen molar-refractivity contribution in [2.75, 3.05) is 12.4 Å². The van der Waals surface area contributed by atoms with Crippen LogP contribution >= 0.6 is 0 Å². The van der Waals surface area contributed by atoms with E-state index in [9.17, 15) is 27.3 Å². The van der Waals surface area contributed by atoms with Crippen molar-refractivity contribution in [2.45, 2.75) is 18.3 Å². The first kappa shape index (κ1) is 26.6. The summed E-state index contributed by atoms with van der Waals surface area (Å²) in [5.74, 6) is -0.564. The lowest BCUT2D eigenvalue weighted by molar-refractivity contribution is -0.137. The maximum Gasteiger partial charge on any atom is 0.416 e. The number of hydrogen-bond acceptors (Lipinski definition) is 5. The van der Waals surface area contributed by atoms with Gasteiger partial charge in [0.25, 0.3) is 5.91 Å². The van der Waals surface area contributed by atoms with Gasteiger partial charge < -0.3 is 5.11 Å². The van der Waals surface area contributed by atoms with Crippen LogP contribution in [0.25, 0.3) is 27.6 Å². The summed E-state index contributed by atoms with van der Waals surface area (Å²) >= 11 is 0. The van der Waals surface area contributed by atoms with Crippen LogP contribution in [-0.4, -0.2) is 46.9 Å². The van der Waals surface area contributed by atoms with Gasteiger partial charge in [-0.05, 0) is 66.6 Å². The second-order valence-electron chi connectivity index (χ2n) is 9.10. The fourth-order valence-electron chi connectivity index (χ4n) is 4.47. The van der Waals surface area contributed by atoms with Gasteiger partial charge in [-0.25, -0.2) is 4.21 Å². The van der Waals surface area contributed by atoms with Crippen molar-refractivity contribution in [3.05, 3.63) is 89.9 Å². The molecule has 0 saturated heterocycles. The van der Waals surface area contributed by atoms with E-state index in [0.717, 1.165) is 12.1 Å². The SMILES string of the molecule is Cn1cc2c3cc(C(=O)N=[S@](=O)(CCCO)Cc4ccncc4)ccc3n(-c3ccc(C(F)(F)F)cc3)c2n1. The number of carbonyl (C=O) groups excluding carboxylic acids is 1. The smallest absolute Gasteiger partial charge is 0.396 e. The number of alkyl halides is 3. The van der Waals surface area contributed by atoms with E-state index in [-0.39, 0.29) is 30.1 Å². The molecule has 2 aromatic carbocycles. The number of aromatic nitrogens is 4. The molecular formula is C27H24F3N5O3S. The standard InChI is InChI=1S/C27H24F3N5O3S/c1-34-16-23-22-15-19(26(37)33-39(38,14-2-13-36)17-18-9-11-31-12-10-18)3-8-24(22)35(25(23)32-34)21-6-4-20(5-7-21)27(28,29)30/h3-12,15-16,36H,2,13-14,17H2,1H3/t39-/m0/s1. The topological polar surface area (TPSA) is 102 Å². The minimum atomic E-state index is -4.45. The molecule has 1 atom stereocenters. The molecule has 0 saturated carbocycles. The highest BCUT2D eigenvalue weighted by Crippen LogP contribution is 2.34. The van der Waals surface area contributed by atoms with Gasteiger partial charge in [-0.3, -0.25) is 19.0 Å². The van der Waals surface area contributed by atoms with Crippen LogP contribution in [0.3, 0.4) is 0 Å².